The van der Waals surface area contributed by atoms with Crippen LogP contribution in [0.15, 0.2) is 11.1 Å². The number of rotatable bonds is 2. The average Bonchev–Trinajstić information content (AvgIpc) is 2.06. The van der Waals surface area contributed by atoms with E-state index in [0.717, 1.165) is 0 Å². The third kappa shape index (κ3) is 2.67. The van der Waals surface area contributed by atoms with Gasteiger partial charge in [0.15, 0.2) is 15.9 Å². The van der Waals surface area contributed by atoms with Gasteiger partial charge in [-0.2, -0.15) is 0 Å². The van der Waals surface area contributed by atoms with Crippen molar-refractivity contribution in [2.75, 3.05) is 0 Å². The summed E-state index contributed by atoms with van der Waals surface area (Å²) in [5.74, 6) is -0.740. The van der Waals surface area contributed by atoms with Crippen molar-refractivity contribution in [3.05, 3.63) is 16.8 Å². The van der Waals surface area contributed by atoms with Gasteiger partial charge >= 0.3 is 0 Å². The Bertz CT molecular complexity index is 491. The molecule has 1 aromatic heterocycles. The van der Waals surface area contributed by atoms with Gasteiger partial charge in [-0.3, -0.25) is 0 Å². The van der Waals surface area contributed by atoms with Gasteiger partial charge in [-0.05, 0) is 6.07 Å². The Kier molecular flexibility index (Phi) is 3.37. The smallest absolute Gasteiger partial charge is 0.279 e. The molecule has 0 aliphatic heterocycles. The second kappa shape index (κ2) is 4.07. The summed E-state index contributed by atoms with van der Waals surface area (Å²) < 4.78 is 46.4. The Labute approximate surface area is 92.9 Å². The number of pyridine rings is 1. The Morgan fingerprint density at radius 2 is 2.00 bits per heavy atom. The SMILES string of the molecule is O=S(=O)(Cl)c1nc(Cl)c(O)cc1C(F)F. The Hall–Kier alpha value is -0.660. The van der Waals surface area contributed by atoms with E-state index in [4.69, 9.17) is 27.4 Å². The summed E-state index contributed by atoms with van der Waals surface area (Å²) in [6.07, 6.45) is -3.14. The zero-order valence-electron chi connectivity index (χ0n) is 6.79. The molecule has 0 amide bonds. The lowest BCUT2D eigenvalue weighted by Gasteiger charge is -2.06. The van der Waals surface area contributed by atoms with Crippen molar-refractivity contribution in [1.82, 2.24) is 4.98 Å². The lowest BCUT2D eigenvalue weighted by molar-refractivity contribution is 0.146. The van der Waals surface area contributed by atoms with Crippen molar-refractivity contribution in [2.24, 2.45) is 0 Å². The second-order valence-electron chi connectivity index (χ2n) is 2.43. The molecular formula is C6H3Cl2F2NO3S. The molecule has 1 heterocycles. The largest absolute Gasteiger partial charge is 0.505 e. The summed E-state index contributed by atoms with van der Waals surface area (Å²) in [6, 6.07) is 0.509. The summed E-state index contributed by atoms with van der Waals surface area (Å²) in [5, 5.41) is 7.31. The molecule has 0 spiro atoms. The van der Waals surface area contributed by atoms with Gasteiger partial charge in [0.1, 0.15) is 0 Å². The van der Waals surface area contributed by atoms with E-state index in [1.54, 1.807) is 0 Å². The van der Waals surface area contributed by atoms with Crippen LogP contribution in [0, 0.1) is 0 Å². The topological polar surface area (TPSA) is 67.3 Å². The van der Waals surface area contributed by atoms with Gasteiger partial charge < -0.3 is 5.11 Å². The molecule has 4 nitrogen and oxygen atoms in total. The molecule has 9 heteroatoms. The normalized spacial score (nSPS) is 12.1. The highest BCUT2D eigenvalue weighted by Crippen LogP contribution is 2.33. The van der Waals surface area contributed by atoms with E-state index in [1.807, 2.05) is 0 Å². The van der Waals surface area contributed by atoms with Crippen LogP contribution in [0.25, 0.3) is 0 Å². The molecule has 84 valence electrons. The first-order chi connectivity index (χ1) is 6.73. The molecule has 0 saturated heterocycles. The summed E-state index contributed by atoms with van der Waals surface area (Å²) in [4.78, 5) is 3.08. The first kappa shape index (κ1) is 12.4. The number of hydrogen-bond acceptors (Lipinski definition) is 4. The fourth-order valence-electron chi connectivity index (χ4n) is 0.831. The number of hydrogen-bond donors (Lipinski definition) is 1. The van der Waals surface area contributed by atoms with E-state index in [-0.39, 0.29) is 0 Å². The lowest BCUT2D eigenvalue weighted by atomic mass is 10.3. The van der Waals surface area contributed by atoms with E-state index in [2.05, 4.69) is 4.98 Å². The third-order valence-electron chi connectivity index (χ3n) is 1.42. The van der Waals surface area contributed by atoms with E-state index in [0.29, 0.717) is 6.07 Å². The standard InChI is InChI=1S/C6H3Cl2F2NO3S/c7-4-3(12)1-2(5(9)10)6(11-4)15(8,13)14/h1,5,12H. The van der Waals surface area contributed by atoms with Crippen LogP contribution < -0.4 is 0 Å². The summed E-state index contributed by atoms with van der Waals surface area (Å²) in [5.41, 5.74) is -0.994. The van der Waals surface area contributed by atoms with Gasteiger partial charge in [0.25, 0.3) is 15.5 Å². The van der Waals surface area contributed by atoms with Crippen LogP contribution in [-0.2, 0) is 9.05 Å². The predicted octanol–water partition coefficient (Wildman–Crippen LogP) is 2.31. The van der Waals surface area contributed by atoms with E-state index >= 15 is 0 Å². The number of halogens is 4. The molecule has 1 N–H and O–H groups in total. The van der Waals surface area contributed by atoms with Gasteiger partial charge in [0.2, 0.25) is 0 Å². The number of aromatic hydroxyl groups is 1. The molecular weight excluding hydrogens is 275 g/mol. The molecule has 0 saturated carbocycles. The summed E-state index contributed by atoms with van der Waals surface area (Å²) in [7, 11) is 0.436. The predicted molar refractivity (Wildman–Crippen MR) is 48.9 cm³/mol. The van der Waals surface area contributed by atoms with Crippen LogP contribution in [0.1, 0.15) is 12.0 Å². The van der Waals surface area contributed by atoms with Crippen molar-refractivity contribution in [3.8, 4) is 5.75 Å². The lowest BCUT2D eigenvalue weighted by Crippen LogP contribution is -2.02. The first-order valence-electron chi connectivity index (χ1n) is 3.35. The zero-order valence-corrected chi connectivity index (χ0v) is 9.11. The zero-order chi connectivity index (χ0) is 11.8. The van der Waals surface area contributed by atoms with Gasteiger partial charge in [-0.25, -0.2) is 22.2 Å². The van der Waals surface area contributed by atoms with Crippen LogP contribution in [0.2, 0.25) is 5.15 Å². The molecule has 0 fully saturated rings. The Morgan fingerprint density at radius 3 is 2.40 bits per heavy atom. The van der Waals surface area contributed by atoms with E-state index < -0.39 is 37.0 Å². The maximum Gasteiger partial charge on any atom is 0.279 e. The minimum atomic E-state index is -4.43. The molecule has 0 aromatic carbocycles. The molecule has 0 atom stereocenters. The monoisotopic (exact) mass is 277 g/mol. The van der Waals surface area contributed by atoms with Crippen molar-refractivity contribution in [2.45, 2.75) is 11.5 Å². The van der Waals surface area contributed by atoms with Crippen LogP contribution in [-0.4, -0.2) is 18.5 Å². The average molecular weight is 278 g/mol. The number of nitrogens with zero attached hydrogens (tertiary/aromatic N) is 1. The summed E-state index contributed by atoms with van der Waals surface area (Å²) in [6.45, 7) is 0. The molecule has 0 unspecified atom stereocenters. The maximum absolute atomic E-state index is 12.4. The van der Waals surface area contributed by atoms with E-state index in [1.165, 1.54) is 0 Å². The number of alkyl halides is 2. The van der Waals surface area contributed by atoms with Crippen molar-refractivity contribution in [1.29, 1.82) is 0 Å². The molecule has 1 rings (SSSR count). The van der Waals surface area contributed by atoms with Gasteiger partial charge in [0.05, 0.1) is 5.56 Å². The molecule has 1 aromatic rings. The fourth-order valence-corrected chi connectivity index (χ4v) is 2.02. The second-order valence-corrected chi connectivity index (χ2v) is 5.27. The van der Waals surface area contributed by atoms with Crippen LogP contribution >= 0.6 is 22.3 Å². The molecule has 0 aliphatic rings. The molecule has 0 radical (unpaired) electrons. The van der Waals surface area contributed by atoms with Crippen LogP contribution in [0.5, 0.6) is 5.75 Å². The van der Waals surface area contributed by atoms with Gasteiger partial charge in [-0.15, -0.1) is 0 Å². The van der Waals surface area contributed by atoms with Crippen LogP contribution in [0.3, 0.4) is 0 Å². The van der Waals surface area contributed by atoms with Gasteiger partial charge in [0, 0.05) is 10.7 Å². The molecule has 0 bridgehead atoms. The van der Waals surface area contributed by atoms with Crippen LogP contribution in [0.4, 0.5) is 8.78 Å². The van der Waals surface area contributed by atoms with E-state index in [9.17, 15) is 17.2 Å². The fraction of sp³-hybridized carbons (Fsp3) is 0.167. The number of aromatic nitrogens is 1. The highest BCUT2D eigenvalue weighted by atomic mass is 35.7. The van der Waals surface area contributed by atoms with Crippen molar-refractivity contribution in [3.63, 3.8) is 0 Å². The quantitative estimate of drug-likeness (QED) is 0.665. The van der Waals surface area contributed by atoms with Crippen molar-refractivity contribution < 1.29 is 22.3 Å². The maximum atomic E-state index is 12.4. The minimum absolute atomic E-state index is 0.509. The highest BCUT2D eigenvalue weighted by molar-refractivity contribution is 8.13. The Morgan fingerprint density at radius 1 is 1.47 bits per heavy atom. The Balaban J connectivity index is 3.56. The van der Waals surface area contributed by atoms with Gasteiger partial charge in [-0.1, -0.05) is 11.6 Å². The van der Waals surface area contributed by atoms with Crippen molar-refractivity contribution >= 4 is 31.3 Å². The molecule has 15 heavy (non-hydrogen) atoms. The summed E-state index contributed by atoms with van der Waals surface area (Å²) >= 11 is 5.27. The minimum Gasteiger partial charge on any atom is -0.505 e. The first-order valence-corrected chi connectivity index (χ1v) is 6.04. The highest BCUT2D eigenvalue weighted by Gasteiger charge is 2.25. The third-order valence-corrected chi connectivity index (χ3v) is 2.92. The molecule has 0 aliphatic carbocycles.